The lowest BCUT2D eigenvalue weighted by Crippen LogP contribution is -2.45. The zero-order chi connectivity index (χ0) is 17.0. The molecule has 1 aliphatic heterocycles. The van der Waals surface area contributed by atoms with Crippen molar-refractivity contribution < 1.29 is 18.8 Å². The lowest BCUT2D eigenvalue weighted by molar-refractivity contribution is -0.132. The van der Waals surface area contributed by atoms with Gasteiger partial charge in [0.25, 0.3) is 5.91 Å². The number of methoxy groups -OCH3 is 1. The van der Waals surface area contributed by atoms with Crippen molar-refractivity contribution in [3.05, 3.63) is 29.6 Å². The highest BCUT2D eigenvalue weighted by molar-refractivity contribution is 5.98. The fourth-order valence-corrected chi connectivity index (χ4v) is 2.42. The van der Waals surface area contributed by atoms with Crippen LogP contribution < -0.4 is 10.6 Å². The van der Waals surface area contributed by atoms with Crippen molar-refractivity contribution in [3.63, 3.8) is 0 Å². The Kier molecular flexibility index (Phi) is 5.54. The molecule has 2 N–H and O–H groups in total. The summed E-state index contributed by atoms with van der Waals surface area (Å²) in [4.78, 5) is 19.5. The number of amides is 1. The maximum atomic E-state index is 13.2. The normalized spacial score (nSPS) is 20.5. The molecule has 0 aliphatic carbocycles. The Bertz CT molecular complexity index is 606. The number of carbonyl (C=O) groups is 1. The average molecular weight is 323 g/mol. The minimum atomic E-state index is -0.698. The molecule has 0 spiro atoms. The number of hydrogen-bond donors (Lipinski definition) is 1. The first-order valence-electron chi connectivity index (χ1n) is 7.53. The van der Waals surface area contributed by atoms with Crippen LogP contribution in [0.2, 0.25) is 0 Å². The monoisotopic (exact) mass is 323 g/mol. The van der Waals surface area contributed by atoms with Gasteiger partial charge in [0, 0.05) is 19.3 Å². The highest BCUT2D eigenvalue weighted by Crippen LogP contribution is 2.26. The van der Waals surface area contributed by atoms with Crippen LogP contribution >= 0.6 is 0 Å². The number of halogens is 1. The Labute approximate surface area is 135 Å². The van der Waals surface area contributed by atoms with E-state index in [2.05, 4.69) is 5.16 Å². The molecular formula is C16H22FN3O3. The van der Waals surface area contributed by atoms with E-state index in [0.29, 0.717) is 24.2 Å². The van der Waals surface area contributed by atoms with E-state index in [1.165, 1.54) is 19.2 Å². The first-order valence-corrected chi connectivity index (χ1v) is 7.53. The maximum absolute atomic E-state index is 13.2. The molecule has 2 unspecified atom stereocenters. The van der Waals surface area contributed by atoms with E-state index >= 15 is 0 Å². The fourth-order valence-electron chi connectivity index (χ4n) is 2.42. The van der Waals surface area contributed by atoms with Crippen LogP contribution in [0.25, 0.3) is 0 Å². The molecule has 1 amide bonds. The molecule has 1 heterocycles. The van der Waals surface area contributed by atoms with Crippen LogP contribution in [0.4, 0.5) is 10.1 Å². The number of hydrogen-bond acceptors (Lipinski definition) is 4. The number of nitrogens with two attached hydrogens (primary N) is 1. The van der Waals surface area contributed by atoms with Gasteiger partial charge >= 0.3 is 0 Å². The van der Waals surface area contributed by atoms with Crippen LogP contribution in [0.1, 0.15) is 25.3 Å². The molecular weight excluding hydrogens is 301 g/mol. The minimum Gasteiger partial charge on any atom is -0.382 e. The average Bonchev–Trinajstić information content (AvgIpc) is 2.53. The van der Waals surface area contributed by atoms with Crippen LogP contribution in [0.15, 0.2) is 23.4 Å². The summed E-state index contributed by atoms with van der Waals surface area (Å²) in [5, 5.41) is 3.80. The van der Waals surface area contributed by atoms with Crippen LogP contribution in [-0.4, -0.2) is 37.6 Å². The molecule has 0 aromatic heterocycles. The van der Waals surface area contributed by atoms with Gasteiger partial charge in [0.15, 0.2) is 5.84 Å². The Balaban J connectivity index is 2.12. The number of piperidine rings is 1. The summed E-state index contributed by atoms with van der Waals surface area (Å²) in [7, 11) is 1.51. The van der Waals surface area contributed by atoms with Gasteiger partial charge in [-0.1, -0.05) is 5.16 Å². The summed E-state index contributed by atoms with van der Waals surface area (Å²) >= 11 is 0. The molecule has 0 saturated carbocycles. The summed E-state index contributed by atoms with van der Waals surface area (Å²) in [6, 6.07) is 4.36. The predicted octanol–water partition coefficient (Wildman–Crippen LogP) is 1.95. The van der Waals surface area contributed by atoms with Crippen molar-refractivity contribution in [1.29, 1.82) is 0 Å². The van der Waals surface area contributed by atoms with Crippen LogP contribution in [0.3, 0.4) is 0 Å². The number of nitrogens with zero attached hydrogens (tertiary/aromatic N) is 2. The van der Waals surface area contributed by atoms with E-state index in [9.17, 15) is 9.18 Å². The lowest BCUT2D eigenvalue weighted by Gasteiger charge is -2.32. The molecule has 2 rings (SSSR count). The second kappa shape index (κ2) is 7.41. The number of benzene rings is 1. The van der Waals surface area contributed by atoms with E-state index in [1.54, 1.807) is 24.8 Å². The number of aryl methyl sites for hydroxylation is 1. The van der Waals surface area contributed by atoms with Gasteiger partial charge in [-0.25, -0.2) is 4.39 Å². The summed E-state index contributed by atoms with van der Waals surface area (Å²) in [5.74, 6) is -0.350. The summed E-state index contributed by atoms with van der Waals surface area (Å²) in [6.45, 7) is 4.07. The predicted molar refractivity (Wildman–Crippen MR) is 85.7 cm³/mol. The third kappa shape index (κ3) is 3.98. The number of ether oxygens (including phenoxy) is 1. The first kappa shape index (κ1) is 17.2. The molecule has 1 aromatic carbocycles. The molecule has 1 aliphatic rings. The Morgan fingerprint density at radius 1 is 1.52 bits per heavy atom. The third-order valence-electron chi connectivity index (χ3n) is 3.89. The molecule has 0 radical (unpaired) electrons. The highest BCUT2D eigenvalue weighted by atomic mass is 19.1. The third-order valence-corrected chi connectivity index (χ3v) is 3.89. The van der Waals surface area contributed by atoms with Crippen molar-refractivity contribution in [2.24, 2.45) is 10.9 Å². The zero-order valence-corrected chi connectivity index (χ0v) is 13.6. The highest BCUT2D eigenvalue weighted by Gasteiger charge is 2.32. The van der Waals surface area contributed by atoms with Gasteiger partial charge < -0.3 is 20.2 Å². The molecule has 1 fully saturated rings. The Hall–Kier alpha value is -2.15. The number of carbonyl (C=O) groups excluding carboxylic acids is 1. The van der Waals surface area contributed by atoms with Gasteiger partial charge in [-0.05, 0) is 50.5 Å². The largest absolute Gasteiger partial charge is 0.382 e. The van der Waals surface area contributed by atoms with Gasteiger partial charge in [-0.15, -0.1) is 0 Å². The lowest BCUT2D eigenvalue weighted by atomic mass is 10.0. The van der Waals surface area contributed by atoms with E-state index in [1.807, 2.05) is 0 Å². The van der Waals surface area contributed by atoms with Crippen molar-refractivity contribution in [3.8, 4) is 0 Å². The van der Waals surface area contributed by atoms with E-state index in [0.717, 1.165) is 6.42 Å². The van der Waals surface area contributed by atoms with Gasteiger partial charge in [0.05, 0.1) is 0 Å². The minimum absolute atomic E-state index is 0.176. The zero-order valence-electron chi connectivity index (χ0n) is 13.6. The topological polar surface area (TPSA) is 77.2 Å². The second-order valence-electron chi connectivity index (χ2n) is 5.55. The van der Waals surface area contributed by atoms with E-state index in [4.69, 9.17) is 15.3 Å². The number of rotatable bonds is 5. The molecule has 1 saturated heterocycles. The fraction of sp³-hybridized carbons (Fsp3) is 0.500. The quantitative estimate of drug-likeness (QED) is 0.510. The van der Waals surface area contributed by atoms with Crippen molar-refractivity contribution in [2.45, 2.75) is 38.9 Å². The van der Waals surface area contributed by atoms with E-state index < -0.39 is 6.10 Å². The van der Waals surface area contributed by atoms with Gasteiger partial charge in [0.1, 0.15) is 11.9 Å². The smallest absolute Gasteiger partial charge is 0.270 e. The molecule has 1 aromatic rings. The van der Waals surface area contributed by atoms with Crippen molar-refractivity contribution in [2.75, 3.05) is 18.6 Å². The summed E-state index contributed by atoms with van der Waals surface area (Å²) in [6.07, 6.45) is 0.246. The van der Waals surface area contributed by atoms with Gasteiger partial charge in [-0.3, -0.25) is 4.79 Å². The SMILES string of the molecule is COC(C)C(N)=NOC1CCCN(c2ccc(F)cc2C)C1=O. The maximum Gasteiger partial charge on any atom is 0.270 e. The molecule has 6 nitrogen and oxygen atoms in total. The molecule has 126 valence electrons. The van der Waals surface area contributed by atoms with Gasteiger partial charge in [0.2, 0.25) is 6.10 Å². The van der Waals surface area contributed by atoms with E-state index in [-0.39, 0.29) is 23.7 Å². The Morgan fingerprint density at radius 2 is 2.26 bits per heavy atom. The van der Waals surface area contributed by atoms with Crippen LogP contribution in [0, 0.1) is 12.7 Å². The van der Waals surface area contributed by atoms with Crippen molar-refractivity contribution in [1.82, 2.24) is 0 Å². The first-order chi connectivity index (χ1) is 10.9. The Morgan fingerprint density at radius 3 is 2.91 bits per heavy atom. The summed E-state index contributed by atoms with van der Waals surface area (Å²) < 4.78 is 18.3. The molecule has 7 heteroatoms. The second-order valence-corrected chi connectivity index (χ2v) is 5.55. The van der Waals surface area contributed by atoms with Gasteiger partial charge in [-0.2, -0.15) is 0 Å². The van der Waals surface area contributed by atoms with Crippen LogP contribution in [-0.2, 0) is 14.4 Å². The number of anilines is 1. The standard InChI is InChI=1S/C16H22FN3O3/c1-10-9-12(17)6-7-13(10)20-8-4-5-14(16(20)21)23-19-15(18)11(2)22-3/h6-7,9,11,14H,4-5,8H2,1-3H3,(H2,18,19). The molecule has 0 bridgehead atoms. The van der Waals surface area contributed by atoms with Crippen LogP contribution in [0.5, 0.6) is 0 Å². The molecule has 2 atom stereocenters. The van der Waals surface area contributed by atoms with Crippen molar-refractivity contribution >= 4 is 17.4 Å². The number of amidine groups is 1. The number of oxime groups is 1. The molecule has 23 heavy (non-hydrogen) atoms. The summed E-state index contributed by atoms with van der Waals surface area (Å²) in [5.41, 5.74) is 7.10.